The zero-order valence-corrected chi connectivity index (χ0v) is 39.5. The summed E-state index contributed by atoms with van der Waals surface area (Å²) in [6, 6.07) is 5.30. The predicted molar refractivity (Wildman–Crippen MR) is 244 cm³/mol. The predicted octanol–water partition coefficient (Wildman–Crippen LogP) is 4.34. The molecular weight excluding hydrogens is 855 g/mol. The number of nitrogens with one attached hydrogen (secondary N) is 4. The zero-order chi connectivity index (χ0) is 46.2. The van der Waals surface area contributed by atoms with E-state index in [0.717, 1.165) is 42.4 Å². The van der Waals surface area contributed by atoms with Gasteiger partial charge in [-0.05, 0) is 48.0 Å². The molecule has 344 valence electrons. The molecule has 1 saturated heterocycles. The number of hydrogen-bond donors (Lipinski definition) is 4. The molecule has 4 N–H and O–H groups in total. The van der Waals surface area contributed by atoms with Gasteiger partial charge in [0.1, 0.15) is 24.1 Å². The number of carbonyl (C=O) groups excluding carboxylic acids is 6. The fourth-order valence-electron chi connectivity index (χ4n) is 7.45. The maximum atomic E-state index is 14.8. The van der Waals surface area contributed by atoms with Crippen LogP contribution in [-0.2, 0) is 40.7 Å². The van der Waals surface area contributed by atoms with Crippen molar-refractivity contribution in [3.05, 3.63) is 48.6 Å². The molecule has 6 amide bonds. The Morgan fingerprint density at radius 1 is 1.02 bits per heavy atom. The van der Waals surface area contributed by atoms with Gasteiger partial charge in [0.25, 0.3) is 11.7 Å². The molecule has 0 aromatic heterocycles. The maximum absolute atomic E-state index is 14.8. The third kappa shape index (κ3) is 14.9. The third-order valence-corrected chi connectivity index (χ3v) is 15.2. The van der Waals surface area contributed by atoms with E-state index in [1.54, 1.807) is 30.3 Å². The van der Waals surface area contributed by atoms with Crippen LogP contribution in [0.5, 0.6) is 0 Å². The summed E-state index contributed by atoms with van der Waals surface area (Å²) in [7, 11) is -2.00. The van der Waals surface area contributed by atoms with Gasteiger partial charge in [0.15, 0.2) is 0 Å². The number of ketones is 1. The molecule has 0 bridgehead atoms. The molecule has 1 heterocycles. The van der Waals surface area contributed by atoms with Crippen LogP contribution in [0.2, 0.25) is 0 Å². The molecule has 19 heteroatoms. The average Bonchev–Trinajstić information content (AvgIpc) is 3.70. The molecule has 0 radical (unpaired) electrons. The fraction of sp³-hybridized carbons (Fsp3) is 0.628. The number of carbonyl (C=O) groups is 6. The number of likely N-dealkylation sites (N-methyl/N-ethyl adjacent to an activating group) is 1. The van der Waals surface area contributed by atoms with Gasteiger partial charge in [-0.1, -0.05) is 96.2 Å². The molecule has 3 rings (SSSR count). The number of likely N-dealkylation sites (tertiary alicyclic amines) is 1. The minimum Gasteiger partial charge on any atom is -0.444 e. The number of urea groups is 1. The Balaban J connectivity index is 1.84. The summed E-state index contributed by atoms with van der Waals surface area (Å²) < 4.78 is 33.8. The number of rotatable bonds is 21. The Labute approximate surface area is 376 Å². The molecule has 16 nitrogen and oxygen atoms in total. The first kappa shape index (κ1) is 52.1. The number of terminal acetylenes is 1. The van der Waals surface area contributed by atoms with Crippen molar-refractivity contribution in [1.82, 2.24) is 34.8 Å². The molecule has 2 fully saturated rings. The van der Waals surface area contributed by atoms with E-state index in [0.29, 0.717) is 40.0 Å². The lowest BCUT2D eigenvalue weighted by Gasteiger charge is -2.38. The van der Waals surface area contributed by atoms with Crippen molar-refractivity contribution in [2.45, 2.75) is 103 Å². The standard InChI is InChI=1S/C43H65N7O9S3/c1-10-23-44-38(53)36(51)39(61-28-60-25-11-2)47-37(52)35-32(29(3)4)22-24-50(35)40(54)34(31-20-16-13-17-21-31)46-41(55)45-33(43(5,6)7)26-48(8)62(57,58)49(9)42(56)59-27-30-18-14-12-15-19-30/h2,10,12,14-15,18-19,29,31-35,39H,1,13,16-17,20-28H2,3-9H3,(H,44,53)(H,47,52)(H2,45,46,55)/t32?,33-,34+,35+,39?/m1/s1. The highest BCUT2D eigenvalue weighted by Gasteiger charge is 2.47. The molecule has 2 unspecified atom stereocenters. The number of nitrogens with zero attached hydrogens (tertiary/aromatic N) is 3. The summed E-state index contributed by atoms with van der Waals surface area (Å²) in [5.74, 6) is -0.479. The average molecular weight is 920 g/mol. The number of Topliss-reactive ketones (excluding diaryl/α,β-unsaturated/α-hetero) is 1. The van der Waals surface area contributed by atoms with Crippen molar-refractivity contribution in [3.63, 3.8) is 0 Å². The van der Waals surface area contributed by atoms with Crippen LogP contribution >= 0.6 is 23.5 Å². The van der Waals surface area contributed by atoms with Crippen molar-refractivity contribution >= 4 is 69.4 Å². The van der Waals surface area contributed by atoms with Gasteiger partial charge in [0.05, 0.1) is 5.75 Å². The highest BCUT2D eigenvalue weighted by atomic mass is 32.2. The summed E-state index contributed by atoms with van der Waals surface area (Å²) in [4.78, 5) is 83.6. The summed E-state index contributed by atoms with van der Waals surface area (Å²) in [5, 5.41) is 10.1. The molecule has 0 spiro atoms. The Morgan fingerprint density at radius 3 is 2.27 bits per heavy atom. The van der Waals surface area contributed by atoms with E-state index in [1.807, 2.05) is 34.6 Å². The lowest BCUT2D eigenvalue weighted by atomic mass is 9.83. The summed E-state index contributed by atoms with van der Waals surface area (Å²) in [6.45, 7) is 12.9. The number of hydrogen-bond acceptors (Lipinski definition) is 11. The first-order valence-electron chi connectivity index (χ1n) is 20.9. The zero-order valence-electron chi connectivity index (χ0n) is 37.0. The summed E-state index contributed by atoms with van der Waals surface area (Å²) in [6.07, 6.45) is 10.2. The van der Waals surface area contributed by atoms with Gasteiger partial charge < -0.3 is 30.9 Å². The molecule has 2 aliphatic rings. The first-order valence-corrected chi connectivity index (χ1v) is 24.5. The summed E-state index contributed by atoms with van der Waals surface area (Å²) in [5.41, 5.74) is -0.0162. The van der Waals surface area contributed by atoms with Crippen molar-refractivity contribution in [2.24, 2.45) is 23.2 Å². The van der Waals surface area contributed by atoms with Crippen LogP contribution in [0, 0.1) is 35.5 Å². The lowest BCUT2D eigenvalue weighted by molar-refractivity contribution is -0.143. The minimum atomic E-state index is -4.39. The first-order chi connectivity index (χ1) is 29.2. The molecule has 1 aromatic rings. The van der Waals surface area contributed by atoms with E-state index < -0.39 is 74.8 Å². The lowest BCUT2D eigenvalue weighted by Crippen LogP contribution is -2.61. The molecule has 62 heavy (non-hydrogen) atoms. The van der Waals surface area contributed by atoms with Gasteiger partial charge in [0, 0.05) is 44.9 Å². The van der Waals surface area contributed by atoms with Crippen LogP contribution in [0.1, 0.15) is 78.7 Å². The van der Waals surface area contributed by atoms with Crippen LogP contribution in [0.4, 0.5) is 9.59 Å². The van der Waals surface area contributed by atoms with Gasteiger partial charge in [-0.25, -0.2) is 9.59 Å². The van der Waals surface area contributed by atoms with Gasteiger partial charge in [-0.15, -0.1) is 36.5 Å². The van der Waals surface area contributed by atoms with E-state index in [1.165, 1.54) is 29.8 Å². The summed E-state index contributed by atoms with van der Waals surface area (Å²) >= 11 is 2.40. The van der Waals surface area contributed by atoms with Crippen molar-refractivity contribution < 1.29 is 41.9 Å². The molecule has 5 atom stereocenters. The largest absolute Gasteiger partial charge is 0.444 e. The Morgan fingerprint density at radius 2 is 1.68 bits per heavy atom. The van der Waals surface area contributed by atoms with Gasteiger partial charge in [0.2, 0.25) is 11.8 Å². The van der Waals surface area contributed by atoms with Crippen LogP contribution in [0.25, 0.3) is 0 Å². The SMILES string of the molecule is C#CCSCSC(NC(=O)[C@@H]1C(C(C)C)CCN1C(=O)[C@@H](NC(=O)N[C@H](CN(C)S(=O)(=O)N(C)C(=O)OCc1ccccc1)C(C)(C)C)C1CCCCC1)C(=O)C(=O)NCC=C. The molecule has 1 saturated carbocycles. The smallest absolute Gasteiger partial charge is 0.424 e. The molecule has 1 aliphatic carbocycles. The topological polar surface area (TPSA) is 204 Å². The number of benzene rings is 1. The fourth-order valence-corrected chi connectivity index (χ4v) is 10.3. The normalized spacial score (nSPS) is 18.5. The minimum absolute atomic E-state index is 0.0395. The quantitative estimate of drug-likeness (QED) is 0.0449. The molecular formula is C43H65N7O9S3. The molecule has 1 aliphatic heterocycles. The van der Waals surface area contributed by atoms with Gasteiger partial charge >= 0.3 is 22.3 Å². The monoisotopic (exact) mass is 919 g/mol. The second kappa shape index (κ2) is 24.6. The van der Waals surface area contributed by atoms with Crippen molar-refractivity contribution in [3.8, 4) is 12.3 Å². The maximum Gasteiger partial charge on any atom is 0.424 e. The second-order valence-corrected chi connectivity index (χ2v) is 21.5. The number of thioether (sulfide) groups is 2. The second-order valence-electron chi connectivity index (χ2n) is 17.0. The van der Waals surface area contributed by atoms with E-state index in [4.69, 9.17) is 11.2 Å². The van der Waals surface area contributed by atoms with E-state index in [-0.39, 0.29) is 44.0 Å². The van der Waals surface area contributed by atoms with Crippen LogP contribution in [0.3, 0.4) is 0 Å². The Kier molecular flexibility index (Phi) is 20.6. The van der Waals surface area contributed by atoms with E-state index >= 15 is 0 Å². The van der Waals surface area contributed by atoms with E-state index in [9.17, 15) is 37.2 Å². The van der Waals surface area contributed by atoms with Crippen molar-refractivity contribution in [1.29, 1.82) is 0 Å². The van der Waals surface area contributed by atoms with Crippen LogP contribution in [0.15, 0.2) is 43.0 Å². The van der Waals surface area contributed by atoms with E-state index in [2.05, 4.69) is 33.8 Å². The van der Waals surface area contributed by atoms with Crippen LogP contribution in [-0.4, -0.2) is 126 Å². The highest BCUT2D eigenvalue weighted by Crippen LogP contribution is 2.35. The van der Waals surface area contributed by atoms with Gasteiger partial charge in [-0.3, -0.25) is 19.2 Å². The highest BCUT2D eigenvalue weighted by molar-refractivity contribution is 8.16. The molecule has 1 aromatic carbocycles. The Bertz CT molecular complexity index is 1860. The van der Waals surface area contributed by atoms with Gasteiger partial charge in [-0.2, -0.15) is 17.0 Å². The number of ether oxygens (including phenoxy) is 1. The van der Waals surface area contributed by atoms with Crippen LogP contribution < -0.4 is 21.3 Å². The third-order valence-electron chi connectivity index (χ3n) is 11.2. The number of amides is 6. The Hall–Kier alpha value is -4.25. The van der Waals surface area contributed by atoms with Crippen molar-refractivity contribution in [2.75, 3.05) is 44.6 Å².